The molecule has 0 aliphatic rings. The fourth-order valence-corrected chi connectivity index (χ4v) is 5.19. The van der Waals surface area contributed by atoms with Crippen LogP contribution in [-0.2, 0) is 0 Å². The van der Waals surface area contributed by atoms with Gasteiger partial charge in [0.05, 0.1) is 35.0 Å². The molecule has 0 amide bonds. The Balaban J connectivity index is 1.90. The minimum atomic E-state index is -0.156. The monoisotopic (exact) mass is 484 g/mol. The van der Waals surface area contributed by atoms with Gasteiger partial charge in [0.1, 0.15) is 23.0 Å². The molecule has 0 saturated heterocycles. The van der Waals surface area contributed by atoms with E-state index in [4.69, 9.17) is 14.2 Å². The number of nitrogens with zero attached hydrogens (tertiary/aromatic N) is 3. The second-order valence-electron chi connectivity index (χ2n) is 9.44. The van der Waals surface area contributed by atoms with Crippen LogP contribution < -0.4 is 10.3 Å². The van der Waals surface area contributed by atoms with E-state index in [1.54, 1.807) is 7.11 Å². The number of rotatable bonds is 7. The maximum absolute atomic E-state index is 13.5. The number of fused-ring (bicyclic) bond motifs is 3. The molecule has 2 aromatic carbocycles. The largest absolute Gasteiger partial charge is 0.496 e. The maximum atomic E-state index is 13.5. The van der Waals surface area contributed by atoms with Gasteiger partial charge in [0.25, 0.3) is 5.56 Å². The molecule has 186 valence electrons. The summed E-state index contributed by atoms with van der Waals surface area (Å²) in [5.74, 6) is 2.52. The highest BCUT2D eigenvalue weighted by Crippen LogP contribution is 2.39. The Labute approximate surface area is 210 Å². The number of aromatic nitrogens is 4. The number of ether oxygens (including phenoxy) is 1. The summed E-state index contributed by atoms with van der Waals surface area (Å²) < 4.78 is 13.4. The van der Waals surface area contributed by atoms with Crippen molar-refractivity contribution in [3.05, 3.63) is 81.4 Å². The molecule has 7 nitrogen and oxygen atoms in total. The van der Waals surface area contributed by atoms with Gasteiger partial charge in [-0.05, 0) is 38.3 Å². The molecule has 2 atom stereocenters. The van der Waals surface area contributed by atoms with Crippen molar-refractivity contribution in [2.24, 2.45) is 0 Å². The minimum Gasteiger partial charge on any atom is -0.496 e. The summed E-state index contributed by atoms with van der Waals surface area (Å²) in [4.78, 5) is 21.8. The van der Waals surface area contributed by atoms with Gasteiger partial charge in [-0.3, -0.25) is 9.20 Å². The number of benzene rings is 2. The Bertz CT molecular complexity index is 1590. The molecule has 0 fully saturated rings. The van der Waals surface area contributed by atoms with Crippen molar-refractivity contribution >= 4 is 16.6 Å². The number of aryl methyl sites for hydroxylation is 2. The van der Waals surface area contributed by atoms with Crippen LogP contribution in [0.3, 0.4) is 0 Å². The third-order valence-electron chi connectivity index (χ3n) is 7.27. The molecule has 0 spiro atoms. The zero-order valence-electron chi connectivity index (χ0n) is 21.7. The third kappa shape index (κ3) is 3.70. The van der Waals surface area contributed by atoms with E-state index >= 15 is 0 Å². The lowest BCUT2D eigenvalue weighted by atomic mass is 9.95. The molecule has 0 aliphatic heterocycles. The van der Waals surface area contributed by atoms with Crippen LogP contribution in [0.1, 0.15) is 74.0 Å². The fraction of sp³-hybridized carbons (Fsp3) is 0.345. The van der Waals surface area contributed by atoms with Gasteiger partial charge in [0.15, 0.2) is 0 Å². The van der Waals surface area contributed by atoms with Gasteiger partial charge in [0.2, 0.25) is 0 Å². The van der Waals surface area contributed by atoms with Gasteiger partial charge in [-0.2, -0.15) is 0 Å². The number of H-pyrrole nitrogens is 1. The molecule has 5 aromatic rings. The second kappa shape index (κ2) is 9.30. The standard InChI is InChI=1S/C29H32N4O3/c1-7-16(3)26-28-31-29(34)21-14-22(25-17(4)32-36-18(25)5)24(35-6)15-23(21)33(28)27(30-26)20(8-2)19-12-10-9-11-13-19/h9-16,20H,7-8H2,1-6H3,(H,31,34). The van der Waals surface area contributed by atoms with Crippen LogP contribution in [0.4, 0.5) is 0 Å². The van der Waals surface area contributed by atoms with E-state index in [1.165, 1.54) is 5.56 Å². The number of nitrogens with one attached hydrogen (secondary N) is 1. The molecule has 2 unspecified atom stereocenters. The van der Waals surface area contributed by atoms with Crippen molar-refractivity contribution in [3.8, 4) is 16.9 Å². The quantitative estimate of drug-likeness (QED) is 0.285. The first-order chi connectivity index (χ1) is 17.4. The first-order valence-corrected chi connectivity index (χ1v) is 12.5. The molecular weight excluding hydrogens is 452 g/mol. The highest BCUT2D eigenvalue weighted by atomic mass is 16.5. The van der Waals surface area contributed by atoms with Crippen LogP contribution in [0.5, 0.6) is 5.75 Å². The van der Waals surface area contributed by atoms with E-state index in [1.807, 2.05) is 32.0 Å². The van der Waals surface area contributed by atoms with Crippen molar-refractivity contribution in [2.75, 3.05) is 7.11 Å². The summed E-state index contributed by atoms with van der Waals surface area (Å²) in [5, 5.41) is 4.67. The van der Waals surface area contributed by atoms with Crippen molar-refractivity contribution in [3.63, 3.8) is 0 Å². The summed E-state index contributed by atoms with van der Waals surface area (Å²) in [6.07, 6.45) is 1.79. The molecule has 0 bridgehead atoms. The average molecular weight is 485 g/mol. The molecule has 0 saturated carbocycles. The van der Waals surface area contributed by atoms with Crippen LogP contribution in [0.15, 0.2) is 51.8 Å². The Morgan fingerprint density at radius 3 is 2.47 bits per heavy atom. The van der Waals surface area contributed by atoms with Crippen LogP contribution in [0.25, 0.3) is 27.7 Å². The van der Waals surface area contributed by atoms with E-state index in [9.17, 15) is 4.79 Å². The van der Waals surface area contributed by atoms with Crippen molar-refractivity contribution in [1.82, 2.24) is 19.5 Å². The van der Waals surface area contributed by atoms with Crippen LogP contribution in [0.2, 0.25) is 0 Å². The highest BCUT2D eigenvalue weighted by Gasteiger charge is 2.26. The van der Waals surface area contributed by atoms with Crippen LogP contribution >= 0.6 is 0 Å². The van der Waals surface area contributed by atoms with Crippen molar-refractivity contribution in [2.45, 2.75) is 59.3 Å². The number of hydrogen-bond acceptors (Lipinski definition) is 5. The highest BCUT2D eigenvalue weighted by molar-refractivity contribution is 5.90. The fourth-order valence-electron chi connectivity index (χ4n) is 5.19. The molecular formula is C29H32N4O3. The van der Waals surface area contributed by atoms with Crippen molar-refractivity contribution < 1.29 is 9.26 Å². The maximum Gasteiger partial charge on any atom is 0.258 e. The molecule has 1 N–H and O–H groups in total. The zero-order valence-corrected chi connectivity index (χ0v) is 21.7. The summed E-state index contributed by atoms with van der Waals surface area (Å²) in [5.41, 5.74) is 5.85. The lowest BCUT2D eigenvalue weighted by molar-refractivity contribution is 0.393. The zero-order chi connectivity index (χ0) is 25.6. The minimum absolute atomic E-state index is 0.0684. The normalized spacial score (nSPS) is 13.4. The van der Waals surface area contributed by atoms with E-state index in [-0.39, 0.29) is 17.4 Å². The number of imidazole rings is 1. The Morgan fingerprint density at radius 1 is 1.11 bits per heavy atom. The smallest absolute Gasteiger partial charge is 0.258 e. The SMILES string of the molecule is CCC(C)c1nc(C(CC)c2ccccc2)n2c1[nH]c(=O)c1cc(-c3c(C)noc3C)c(OC)cc12. The predicted octanol–water partition coefficient (Wildman–Crippen LogP) is 6.51. The third-order valence-corrected chi connectivity index (χ3v) is 7.27. The van der Waals surface area contributed by atoms with E-state index in [0.29, 0.717) is 16.9 Å². The van der Waals surface area contributed by atoms with E-state index < -0.39 is 0 Å². The molecule has 7 heteroatoms. The summed E-state index contributed by atoms with van der Waals surface area (Å²) >= 11 is 0. The van der Waals surface area contributed by atoms with E-state index in [0.717, 1.165) is 52.3 Å². The lowest BCUT2D eigenvalue weighted by Crippen LogP contribution is -2.13. The van der Waals surface area contributed by atoms with Gasteiger partial charge < -0.3 is 14.2 Å². The summed E-state index contributed by atoms with van der Waals surface area (Å²) in [6, 6.07) is 14.3. The van der Waals surface area contributed by atoms with Crippen LogP contribution in [-0.4, -0.2) is 26.6 Å². The first-order valence-electron chi connectivity index (χ1n) is 12.5. The first kappa shape index (κ1) is 23.9. The lowest BCUT2D eigenvalue weighted by Gasteiger charge is -2.17. The number of hydrogen-bond donors (Lipinski definition) is 1. The molecule has 5 rings (SSSR count). The number of methoxy groups -OCH3 is 1. The molecule has 36 heavy (non-hydrogen) atoms. The van der Waals surface area contributed by atoms with Gasteiger partial charge in [-0.1, -0.05) is 56.3 Å². The van der Waals surface area contributed by atoms with Gasteiger partial charge >= 0.3 is 0 Å². The van der Waals surface area contributed by atoms with E-state index in [2.05, 4.69) is 59.6 Å². The average Bonchev–Trinajstić information content (AvgIpc) is 3.43. The number of aromatic amines is 1. The van der Waals surface area contributed by atoms with Crippen molar-refractivity contribution in [1.29, 1.82) is 0 Å². The molecule has 0 radical (unpaired) electrons. The molecule has 3 aromatic heterocycles. The second-order valence-corrected chi connectivity index (χ2v) is 9.44. The Morgan fingerprint density at radius 2 is 1.86 bits per heavy atom. The van der Waals surface area contributed by atoms with Gasteiger partial charge in [-0.25, -0.2) is 4.98 Å². The van der Waals surface area contributed by atoms with Gasteiger partial charge in [0, 0.05) is 23.5 Å². The van der Waals surface area contributed by atoms with Crippen LogP contribution in [0, 0.1) is 13.8 Å². The topological polar surface area (TPSA) is 85.4 Å². The molecule has 3 heterocycles. The molecule has 0 aliphatic carbocycles. The predicted molar refractivity (Wildman–Crippen MR) is 142 cm³/mol. The summed E-state index contributed by atoms with van der Waals surface area (Å²) in [6.45, 7) is 10.2. The van der Waals surface area contributed by atoms with Gasteiger partial charge in [-0.15, -0.1) is 0 Å². The Hall–Kier alpha value is -3.87. The summed E-state index contributed by atoms with van der Waals surface area (Å²) in [7, 11) is 1.64. The Kier molecular flexibility index (Phi) is 6.16.